The summed E-state index contributed by atoms with van der Waals surface area (Å²) in [6, 6.07) is 8.18. The molecule has 5 heteroatoms. The first-order valence-corrected chi connectivity index (χ1v) is 9.01. The van der Waals surface area contributed by atoms with E-state index in [1.807, 2.05) is 6.07 Å². The van der Waals surface area contributed by atoms with Gasteiger partial charge in [0.2, 0.25) is 0 Å². The van der Waals surface area contributed by atoms with Crippen LogP contribution in [0, 0.1) is 0 Å². The van der Waals surface area contributed by atoms with E-state index in [1.54, 1.807) is 0 Å². The van der Waals surface area contributed by atoms with Gasteiger partial charge in [-0.15, -0.1) is 0 Å². The Hall–Kier alpha value is -1.46. The highest BCUT2D eigenvalue weighted by atomic mass is 79.9. The molecule has 1 aromatic heterocycles. The van der Waals surface area contributed by atoms with Crippen molar-refractivity contribution in [3.63, 3.8) is 0 Å². The van der Waals surface area contributed by atoms with Crippen LogP contribution in [-0.2, 0) is 19.3 Å². The Morgan fingerprint density at radius 3 is 2.65 bits per heavy atom. The van der Waals surface area contributed by atoms with E-state index in [4.69, 9.17) is 4.98 Å². The van der Waals surface area contributed by atoms with Crippen molar-refractivity contribution in [3.8, 4) is 0 Å². The number of hydrogen-bond donors (Lipinski definition) is 2. The number of aliphatic hydroxyl groups excluding tert-OH is 1. The summed E-state index contributed by atoms with van der Waals surface area (Å²) >= 11 is 3.49. The first-order chi connectivity index (χ1) is 11.1. The quantitative estimate of drug-likeness (QED) is 0.852. The molecule has 0 radical (unpaired) electrons. The van der Waals surface area contributed by atoms with Crippen molar-refractivity contribution in [2.45, 2.75) is 51.7 Å². The SMILES string of the molecule is CCc1nc(N[C@H]2c3ccccc3CC[C@H]2O)c(CC)nc1Br. The second-order valence-corrected chi connectivity index (χ2v) is 6.64. The highest BCUT2D eigenvalue weighted by Crippen LogP contribution is 2.33. The number of nitrogens with one attached hydrogen (secondary N) is 1. The molecule has 1 aromatic carbocycles. The zero-order chi connectivity index (χ0) is 16.4. The van der Waals surface area contributed by atoms with Crippen LogP contribution in [-0.4, -0.2) is 21.2 Å². The Morgan fingerprint density at radius 1 is 1.17 bits per heavy atom. The normalized spacial score (nSPS) is 20.2. The van der Waals surface area contributed by atoms with Crippen LogP contribution < -0.4 is 5.32 Å². The molecule has 1 aliphatic carbocycles. The van der Waals surface area contributed by atoms with Crippen LogP contribution in [0.15, 0.2) is 28.9 Å². The van der Waals surface area contributed by atoms with Crippen molar-refractivity contribution in [3.05, 3.63) is 51.4 Å². The standard InChI is InChI=1S/C18H22BrN3O/c1-3-13-17(19)20-14(4-2)18(21-13)22-16-12-8-6-5-7-11(12)9-10-15(16)23/h5-8,15-16,23H,3-4,9-10H2,1-2H3,(H,21,22)/t15-,16+/m1/s1. The Morgan fingerprint density at radius 2 is 1.91 bits per heavy atom. The van der Waals surface area contributed by atoms with Crippen molar-refractivity contribution in [1.29, 1.82) is 0 Å². The maximum absolute atomic E-state index is 10.5. The van der Waals surface area contributed by atoms with Gasteiger partial charge in [-0.1, -0.05) is 38.1 Å². The fourth-order valence-corrected chi connectivity index (χ4v) is 3.72. The highest BCUT2D eigenvalue weighted by Gasteiger charge is 2.29. The van der Waals surface area contributed by atoms with Gasteiger partial charge in [0, 0.05) is 0 Å². The van der Waals surface area contributed by atoms with Gasteiger partial charge in [0.25, 0.3) is 0 Å². The maximum atomic E-state index is 10.5. The van der Waals surface area contributed by atoms with E-state index >= 15 is 0 Å². The number of benzene rings is 1. The fourth-order valence-electron chi connectivity index (χ4n) is 3.13. The molecule has 2 aromatic rings. The van der Waals surface area contributed by atoms with E-state index in [9.17, 15) is 5.11 Å². The van der Waals surface area contributed by atoms with Crippen LogP contribution in [0.3, 0.4) is 0 Å². The summed E-state index contributed by atoms with van der Waals surface area (Å²) in [7, 11) is 0. The molecule has 122 valence electrons. The molecule has 0 bridgehead atoms. The topological polar surface area (TPSA) is 58.0 Å². The zero-order valence-corrected chi connectivity index (χ0v) is 15.1. The largest absolute Gasteiger partial charge is 0.391 e. The minimum absolute atomic E-state index is 0.134. The van der Waals surface area contributed by atoms with Crippen LogP contribution in [0.4, 0.5) is 5.82 Å². The molecule has 4 nitrogen and oxygen atoms in total. The number of aliphatic hydroxyl groups is 1. The maximum Gasteiger partial charge on any atom is 0.148 e. The van der Waals surface area contributed by atoms with E-state index in [-0.39, 0.29) is 6.04 Å². The molecule has 1 heterocycles. The first kappa shape index (κ1) is 16.4. The smallest absolute Gasteiger partial charge is 0.148 e. The van der Waals surface area contributed by atoms with Crippen molar-refractivity contribution < 1.29 is 5.11 Å². The van der Waals surface area contributed by atoms with Gasteiger partial charge >= 0.3 is 0 Å². The van der Waals surface area contributed by atoms with Crippen molar-refractivity contribution >= 4 is 21.7 Å². The zero-order valence-electron chi connectivity index (χ0n) is 13.5. The Balaban J connectivity index is 1.98. The molecular weight excluding hydrogens is 354 g/mol. The van der Waals surface area contributed by atoms with Crippen LogP contribution in [0.2, 0.25) is 0 Å². The van der Waals surface area contributed by atoms with E-state index < -0.39 is 6.10 Å². The lowest BCUT2D eigenvalue weighted by molar-refractivity contribution is 0.135. The third kappa shape index (κ3) is 3.26. The predicted molar refractivity (Wildman–Crippen MR) is 95.6 cm³/mol. The van der Waals surface area contributed by atoms with Gasteiger partial charge in [-0.3, -0.25) is 0 Å². The van der Waals surface area contributed by atoms with Crippen LogP contribution in [0.5, 0.6) is 0 Å². The van der Waals surface area contributed by atoms with E-state index in [1.165, 1.54) is 5.56 Å². The lowest BCUT2D eigenvalue weighted by Gasteiger charge is -2.32. The summed E-state index contributed by atoms with van der Waals surface area (Å²) in [6.45, 7) is 4.13. The average molecular weight is 376 g/mol. The number of fused-ring (bicyclic) bond motifs is 1. The Bertz CT molecular complexity index is 705. The van der Waals surface area contributed by atoms with Gasteiger partial charge < -0.3 is 10.4 Å². The number of aromatic nitrogens is 2. The minimum atomic E-state index is -0.412. The fraction of sp³-hybridized carbons (Fsp3) is 0.444. The van der Waals surface area contributed by atoms with Crippen molar-refractivity contribution in [2.24, 2.45) is 0 Å². The second-order valence-electron chi connectivity index (χ2n) is 5.89. The van der Waals surface area contributed by atoms with Crippen molar-refractivity contribution in [1.82, 2.24) is 9.97 Å². The Labute approximate surface area is 145 Å². The third-order valence-corrected chi connectivity index (χ3v) is 5.07. The molecule has 0 spiro atoms. The second kappa shape index (κ2) is 6.97. The molecule has 0 aliphatic heterocycles. The summed E-state index contributed by atoms with van der Waals surface area (Å²) in [5.41, 5.74) is 4.32. The molecule has 23 heavy (non-hydrogen) atoms. The number of rotatable bonds is 4. The molecule has 0 saturated heterocycles. The average Bonchev–Trinajstić information content (AvgIpc) is 2.58. The Kier molecular flexibility index (Phi) is 4.97. The minimum Gasteiger partial charge on any atom is -0.391 e. The number of nitrogens with zero attached hydrogens (tertiary/aromatic N) is 2. The molecule has 0 saturated carbocycles. The van der Waals surface area contributed by atoms with Gasteiger partial charge in [0.1, 0.15) is 10.4 Å². The highest BCUT2D eigenvalue weighted by molar-refractivity contribution is 9.10. The summed E-state index contributed by atoms with van der Waals surface area (Å²) in [4.78, 5) is 9.35. The van der Waals surface area contributed by atoms with Gasteiger partial charge in [-0.05, 0) is 52.7 Å². The lowest BCUT2D eigenvalue weighted by Crippen LogP contribution is -2.31. The lowest BCUT2D eigenvalue weighted by atomic mass is 9.85. The first-order valence-electron chi connectivity index (χ1n) is 8.21. The number of halogens is 1. The number of anilines is 1. The van der Waals surface area contributed by atoms with Crippen LogP contribution in [0.25, 0.3) is 0 Å². The van der Waals surface area contributed by atoms with Crippen LogP contribution in [0.1, 0.15) is 48.8 Å². The van der Waals surface area contributed by atoms with Crippen molar-refractivity contribution in [2.75, 3.05) is 5.32 Å². The number of aryl methyl sites for hydroxylation is 3. The van der Waals surface area contributed by atoms with Gasteiger partial charge in [0.05, 0.1) is 23.5 Å². The van der Waals surface area contributed by atoms with Gasteiger partial charge in [-0.2, -0.15) is 0 Å². The molecule has 3 rings (SSSR count). The summed E-state index contributed by atoms with van der Waals surface area (Å²) < 4.78 is 0.812. The van der Waals surface area contributed by atoms with Gasteiger partial charge in [0.15, 0.2) is 0 Å². The van der Waals surface area contributed by atoms with Gasteiger partial charge in [-0.25, -0.2) is 9.97 Å². The summed E-state index contributed by atoms with van der Waals surface area (Å²) in [6.07, 6.45) is 2.88. The van der Waals surface area contributed by atoms with E-state index in [0.717, 1.165) is 53.1 Å². The van der Waals surface area contributed by atoms with Crippen LogP contribution >= 0.6 is 15.9 Å². The summed E-state index contributed by atoms with van der Waals surface area (Å²) in [5.74, 6) is 0.785. The monoisotopic (exact) mass is 375 g/mol. The van der Waals surface area contributed by atoms with E-state index in [0.29, 0.717) is 0 Å². The molecular formula is C18H22BrN3O. The third-order valence-electron chi connectivity index (χ3n) is 4.44. The molecule has 2 atom stereocenters. The summed E-state index contributed by atoms with van der Waals surface area (Å²) in [5, 5.41) is 14.0. The molecule has 0 amide bonds. The molecule has 0 fully saturated rings. The molecule has 2 N–H and O–H groups in total. The molecule has 0 unspecified atom stereocenters. The number of hydrogen-bond acceptors (Lipinski definition) is 4. The van der Waals surface area contributed by atoms with E-state index in [2.05, 4.69) is 58.3 Å². The molecule has 1 aliphatic rings. The predicted octanol–water partition coefficient (Wildman–Crippen LogP) is 3.82.